The highest BCUT2D eigenvalue weighted by Crippen LogP contribution is 2.18. The smallest absolute Gasteiger partial charge is 0.261 e. The van der Waals surface area contributed by atoms with Gasteiger partial charge in [0, 0.05) is 20.0 Å². The summed E-state index contributed by atoms with van der Waals surface area (Å²) in [6, 6.07) is 26.3. The molecule has 0 spiro atoms. The summed E-state index contributed by atoms with van der Waals surface area (Å²) in [4.78, 5) is 27.8. The lowest BCUT2D eigenvalue weighted by atomic mass is 10.0. The van der Waals surface area contributed by atoms with Gasteiger partial charge in [-0.25, -0.2) is 0 Å². The maximum absolute atomic E-state index is 13.3. The molecule has 5 heteroatoms. The summed E-state index contributed by atoms with van der Waals surface area (Å²) in [5, 5.41) is 2.72. The van der Waals surface area contributed by atoms with Gasteiger partial charge in [-0.05, 0) is 29.7 Å². The van der Waals surface area contributed by atoms with Crippen LogP contribution in [0.5, 0.6) is 5.75 Å². The number of amides is 2. The van der Waals surface area contributed by atoms with E-state index in [1.54, 1.807) is 11.9 Å². The normalized spacial score (nSPS) is 11.4. The first kappa shape index (κ1) is 22.1. The second kappa shape index (κ2) is 11.0. The van der Waals surface area contributed by atoms with Gasteiger partial charge in [0.15, 0.2) is 6.61 Å². The number of carbonyl (C=O) groups excluding carboxylic acids is 2. The van der Waals surface area contributed by atoms with Crippen molar-refractivity contribution in [1.29, 1.82) is 0 Å². The molecule has 1 atom stereocenters. The number of hydrogen-bond donors (Lipinski definition) is 1. The van der Waals surface area contributed by atoms with E-state index in [4.69, 9.17) is 4.74 Å². The molecule has 5 nitrogen and oxygen atoms in total. The number of carbonyl (C=O) groups is 2. The summed E-state index contributed by atoms with van der Waals surface area (Å²) in [5.74, 6) is 0.218. The molecule has 0 radical (unpaired) electrons. The van der Waals surface area contributed by atoms with Crippen LogP contribution in [0.15, 0.2) is 84.9 Å². The summed E-state index contributed by atoms with van der Waals surface area (Å²) in [7, 11) is 1.59. The lowest BCUT2D eigenvalue weighted by molar-refractivity contribution is -0.142. The number of benzene rings is 3. The van der Waals surface area contributed by atoms with Gasteiger partial charge in [0.25, 0.3) is 5.91 Å². The fourth-order valence-electron chi connectivity index (χ4n) is 3.44. The van der Waals surface area contributed by atoms with Gasteiger partial charge in [-0.15, -0.1) is 0 Å². The first-order valence-corrected chi connectivity index (χ1v) is 10.4. The first-order chi connectivity index (χ1) is 15.1. The Morgan fingerprint density at radius 1 is 0.871 bits per heavy atom. The predicted molar refractivity (Wildman–Crippen MR) is 122 cm³/mol. The Bertz CT molecular complexity index is 990. The van der Waals surface area contributed by atoms with E-state index in [0.717, 1.165) is 16.7 Å². The van der Waals surface area contributed by atoms with Gasteiger partial charge < -0.3 is 15.0 Å². The number of nitrogens with zero attached hydrogens (tertiary/aromatic N) is 1. The zero-order valence-electron chi connectivity index (χ0n) is 18.0. The fourth-order valence-corrected chi connectivity index (χ4v) is 3.44. The molecule has 2 amide bonds. The van der Waals surface area contributed by atoms with Gasteiger partial charge in [0.05, 0.1) is 0 Å². The number of ether oxygens (including phenoxy) is 1. The molecule has 0 saturated heterocycles. The van der Waals surface area contributed by atoms with Crippen LogP contribution >= 0.6 is 0 Å². The average Bonchev–Trinajstić information content (AvgIpc) is 2.81. The lowest BCUT2D eigenvalue weighted by Crippen LogP contribution is -2.51. The molecule has 0 saturated carbocycles. The molecule has 0 fully saturated rings. The van der Waals surface area contributed by atoms with Crippen molar-refractivity contribution >= 4 is 11.8 Å². The summed E-state index contributed by atoms with van der Waals surface area (Å²) in [6.45, 7) is 2.12. The first-order valence-electron chi connectivity index (χ1n) is 10.4. The third-order valence-electron chi connectivity index (χ3n) is 5.16. The standard InChI is InChI=1S/C26H28N2O3/c1-20-11-9-10-16-24(20)31-19-25(29)28(18-22-14-7-4-8-15-22)23(26(30)27-2)17-21-12-5-3-6-13-21/h3-16,23H,17-19H2,1-2H3,(H,27,30)/t23-/m0/s1. The number of nitrogens with one attached hydrogen (secondary N) is 1. The largest absolute Gasteiger partial charge is 0.484 e. The van der Waals surface area contributed by atoms with Crippen LogP contribution < -0.4 is 10.1 Å². The van der Waals surface area contributed by atoms with Crippen LogP contribution in [0.1, 0.15) is 16.7 Å². The van der Waals surface area contributed by atoms with Gasteiger partial charge in [0.2, 0.25) is 5.91 Å². The second-order valence-corrected chi connectivity index (χ2v) is 7.38. The van der Waals surface area contributed by atoms with E-state index in [9.17, 15) is 9.59 Å². The Balaban J connectivity index is 1.86. The number of likely N-dealkylation sites (N-methyl/N-ethyl adjacent to an activating group) is 1. The Kier molecular flexibility index (Phi) is 7.82. The van der Waals surface area contributed by atoms with E-state index in [1.807, 2.05) is 91.9 Å². The van der Waals surface area contributed by atoms with E-state index in [0.29, 0.717) is 18.7 Å². The summed E-state index contributed by atoms with van der Waals surface area (Å²) in [5.41, 5.74) is 2.90. The van der Waals surface area contributed by atoms with E-state index in [1.165, 1.54) is 0 Å². The highest BCUT2D eigenvalue weighted by molar-refractivity contribution is 5.88. The predicted octanol–water partition coefficient (Wildman–Crippen LogP) is 3.76. The minimum Gasteiger partial charge on any atom is -0.484 e. The van der Waals surface area contributed by atoms with E-state index in [-0.39, 0.29) is 18.4 Å². The fraction of sp³-hybridized carbons (Fsp3) is 0.231. The van der Waals surface area contributed by atoms with E-state index >= 15 is 0 Å². The molecule has 3 aromatic rings. The van der Waals surface area contributed by atoms with Crippen molar-refractivity contribution < 1.29 is 14.3 Å². The second-order valence-electron chi connectivity index (χ2n) is 7.38. The molecule has 31 heavy (non-hydrogen) atoms. The molecular weight excluding hydrogens is 388 g/mol. The van der Waals surface area contributed by atoms with Crippen molar-refractivity contribution in [2.24, 2.45) is 0 Å². The van der Waals surface area contributed by atoms with Crippen LogP contribution in [0.3, 0.4) is 0 Å². The number of rotatable bonds is 9. The summed E-state index contributed by atoms with van der Waals surface area (Å²) >= 11 is 0. The Hall–Kier alpha value is -3.60. The molecular formula is C26H28N2O3. The highest BCUT2D eigenvalue weighted by atomic mass is 16.5. The van der Waals surface area contributed by atoms with Crippen LogP contribution in [0, 0.1) is 6.92 Å². The maximum atomic E-state index is 13.3. The quantitative estimate of drug-likeness (QED) is 0.578. The molecule has 1 N–H and O–H groups in total. The lowest BCUT2D eigenvalue weighted by Gasteiger charge is -2.31. The van der Waals surface area contributed by atoms with Crippen LogP contribution in [-0.2, 0) is 22.6 Å². The third-order valence-corrected chi connectivity index (χ3v) is 5.16. The van der Waals surface area contributed by atoms with Gasteiger partial charge in [-0.2, -0.15) is 0 Å². The van der Waals surface area contributed by atoms with Crippen molar-refractivity contribution in [3.05, 3.63) is 102 Å². The monoisotopic (exact) mass is 416 g/mol. The molecule has 0 unspecified atom stereocenters. The van der Waals surface area contributed by atoms with Crippen LogP contribution in [-0.4, -0.2) is 36.4 Å². The maximum Gasteiger partial charge on any atom is 0.261 e. The van der Waals surface area contributed by atoms with Gasteiger partial charge in [-0.3, -0.25) is 9.59 Å². The van der Waals surface area contributed by atoms with E-state index < -0.39 is 6.04 Å². The molecule has 0 aliphatic carbocycles. The molecule has 0 aromatic heterocycles. The minimum atomic E-state index is -0.652. The Morgan fingerprint density at radius 2 is 1.45 bits per heavy atom. The van der Waals surface area contributed by atoms with Crippen LogP contribution in [0.25, 0.3) is 0 Å². The number of aryl methyl sites for hydroxylation is 1. The van der Waals surface area contributed by atoms with E-state index in [2.05, 4.69) is 5.32 Å². The van der Waals surface area contributed by atoms with Gasteiger partial charge >= 0.3 is 0 Å². The summed E-state index contributed by atoms with van der Waals surface area (Å²) in [6.07, 6.45) is 0.420. The zero-order chi connectivity index (χ0) is 22.1. The number of hydrogen-bond acceptors (Lipinski definition) is 3. The van der Waals surface area contributed by atoms with Crippen molar-refractivity contribution in [1.82, 2.24) is 10.2 Å². The third kappa shape index (κ3) is 6.19. The van der Waals surface area contributed by atoms with Gasteiger partial charge in [0.1, 0.15) is 11.8 Å². The van der Waals surface area contributed by atoms with Gasteiger partial charge in [-0.1, -0.05) is 78.9 Å². The summed E-state index contributed by atoms with van der Waals surface area (Å²) < 4.78 is 5.81. The van der Waals surface area contributed by atoms with Crippen LogP contribution in [0.2, 0.25) is 0 Å². The molecule has 0 aliphatic heterocycles. The zero-order valence-corrected chi connectivity index (χ0v) is 18.0. The van der Waals surface area contributed by atoms with Crippen molar-refractivity contribution in [2.45, 2.75) is 25.9 Å². The Morgan fingerprint density at radius 3 is 2.06 bits per heavy atom. The molecule has 0 heterocycles. The van der Waals surface area contributed by atoms with Crippen molar-refractivity contribution in [3.63, 3.8) is 0 Å². The minimum absolute atomic E-state index is 0.139. The number of para-hydroxylation sites is 1. The molecule has 160 valence electrons. The molecule has 0 aliphatic rings. The SMILES string of the molecule is CNC(=O)[C@H](Cc1ccccc1)N(Cc1ccccc1)C(=O)COc1ccccc1C. The van der Waals surface area contributed by atoms with Crippen LogP contribution in [0.4, 0.5) is 0 Å². The molecule has 0 bridgehead atoms. The van der Waals surface area contributed by atoms with Crippen molar-refractivity contribution in [2.75, 3.05) is 13.7 Å². The Labute approximate surface area is 183 Å². The topological polar surface area (TPSA) is 58.6 Å². The molecule has 3 rings (SSSR count). The molecule has 3 aromatic carbocycles. The van der Waals surface area contributed by atoms with Crippen molar-refractivity contribution in [3.8, 4) is 5.75 Å². The average molecular weight is 417 g/mol. The highest BCUT2D eigenvalue weighted by Gasteiger charge is 2.30.